The monoisotopic (exact) mass is 758 g/mol. The number of nitrogen functional groups attached to an aromatic ring is 1. The van der Waals surface area contributed by atoms with Crippen LogP contribution in [-0.2, 0) is 40.0 Å². The maximum Gasteiger partial charge on any atom is 0.490 e. The summed E-state index contributed by atoms with van der Waals surface area (Å²) < 4.78 is 78.2. The zero-order chi connectivity index (χ0) is 39.1. The van der Waals surface area contributed by atoms with Gasteiger partial charge in [-0.2, -0.15) is 26.3 Å². The maximum atomic E-state index is 13.1. The lowest BCUT2D eigenvalue weighted by atomic mass is 10.0. The number of halogens is 6. The fraction of sp³-hybridized carbons (Fsp3) is 0.414. The van der Waals surface area contributed by atoms with Crippen molar-refractivity contribution in [3.05, 3.63) is 51.7 Å². The number of aliphatic carboxylic acids is 2. The molecular formula is C29H32F6N4O11S. The van der Waals surface area contributed by atoms with E-state index in [2.05, 4.69) is 10.1 Å². The molecule has 1 unspecified atom stereocenters. The zero-order valence-corrected chi connectivity index (χ0v) is 27.4. The van der Waals surface area contributed by atoms with Gasteiger partial charge in [-0.05, 0) is 55.8 Å². The van der Waals surface area contributed by atoms with E-state index in [0.29, 0.717) is 35.7 Å². The molecule has 2 atom stereocenters. The molecule has 1 aliphatic heterocycles. The van der Waals surface area contributed by atoms with E-state index in [0.717, 1.165) is 17.7 Å². The normalized spacial score (nSPS) is 14.9. The van der Waals surface area contributed by atoms with E-state index in [1.165, 1.54) is 25.6 Å². The predicted molar refractivity (Wildman–Crippen MR) is 163 cm³/mol. The SMILES string of the molecule is COC(=O)C[C@H](NC(=O)C1CCCCN1Cc1ccc(C(=O)Oc2ccc(C(=N)N)cc2)s1)C(=O)OC.O=C(O)C(F)(F)F.O=C(O)C(F)(F)F. The Labute approximate surface area is 288 Å². The number of amidine groups is 1. The van der Waals surface area contributed by atoms with Crippen LogP contribution in [0.2, 0.25) is 0 Å². The first-order valence-electron chi connectivity index (χ1n) is 14.1. The molecule has 3 rings (SSSR count). The quantitative estimate of drug-likeness (QED) is 0.0771. The number of benzene rings is 1. The molecule has 1 aliphatic rings. The van der Waals surface area contributed by atoms with Gasteiger partial charge in [0.2, 0.25) is 5.91 Å². The van der Waals surface area contributed by atoms with Crippen LogP contribution in [0.5, 0.6) is 5.75 Å². The van der Waals surface area contributed by atoms with Gasteiger partial charge in [-0.15, -0.1) is 11.3 Å². The molecule has 2 aromatic rings. The van der Waals surface area contributed by atoms with Gasteiger partial charge in [0.05, 0.1) is 26.7 Å². The number of carboxylic acid groups (broad SMARTS) is 2. The molecule has 0 spiro atoms. The Hall–Kier alpha value is -5.25. The minimum Gasteiger partial charge on any atom is -0.475 e. The Morgan fingerprint density at radius 2 is 1.49 bits per heavy atom. The maximum absolute atomic E-state index is 13.1. The third-order valence-electron chi connectivity index (χ3n) is 6.40. The highest BCUT2D eigenvalue weighted by Crippen LogP contribution is 2.25. The van der Waals surface area contributed by atoms with Crippen LogP contribution in [0.1, 0.15) is 45.8 Å². The van der Waals surface area contributed by atoms with Crippen LogP contribution in [0.25, 0.3) is 0 Å². The summed E-state index contributed by atoms with van der Waals surface area (Å²) in [6.07, 6.45) is -8.15. The third kappa shape index (κ3) is 15.5. The fourth-order valence-electron chi connectivity index (χ4n) is 3.96. The number of rotatable bonds is 10. The second-order valence-corrected chi connectivity index (χ2v) is 11.2. The minimum absolute atomic E-state index is 0.0743. The molecule has 15 nitrogen and oxygen atoms in total. The standard InChI is InChI=1S/C25H30N4O7S.2C2HF3O2/c1-34-21(30)13-18(24(32)35-2)28-23(31)19-5-3-4-12-29(19)14-17-10-11-20(37-17)25(33)36-16-8-6-15(7-9-16)22(26)27;2*3-2(4,5)1(6)7/h6-11,18-19H,3-5,12-14H2,1-2H3,(H3,26,27)(H,28,31);2*(H,6,7)/t18-,19?;;/m0../s1. The number of likely N-dealkylation sites (tertiary alicyclic amines) is 1. The lowest BCUT2D eigenvalue weighted by molar-refractivity contribution is -0.193. The van der Waals surface area contributed by atoms with Crippen molar-refractivity contribution in [3.63, 3.8) is 0 Å². The summed E-state index contributed by atoms with van der Waals surface area (Å²) >= 11 is 1.27. The number of thiophene rings is 1. The number of methoxy groups -OCH3 is 2. The van der Waals surface area contributed by atoms with Gasteiger partial charge in [-0.25, -0.2) is 19.2 Å². The number of carbonyl (C=O) groups excluding carboxylic acids is 4. The van der Waals surface area contributed by atoms with Gasteiger partial charge in [0.15, 0.2) is 0 Å². The molecule has 0 bridgehead atoms. The summed E-state index contributed by atoms with van der Waals surface area (Å²) in [5, 5.41) is 24.3. The Morgan fingerprint density at radius 3 is 1.96 bits per heavy atom. The van der Waals surface area contributed by atoms with Crippen LogP contribution in [0.15, 0.2) is 36.4 Å². The highest BCUT2D eigenvalue weighted by Gasteiger charge is 2.39. The Morgan fingerprint density at radius 1 is 0.941 bits per heavy atom. The van der Waals surface area contributed by atoms with Gasteiger partial charge in [-0.1, -0.05) is 6.42 Å². The second kappa shape index (κ2) is 19.8. The van der Waals surface area contributed by atoms with Crippen LogP contribution < -0.4 is 15.8 Å². The van der Waals surface area contributed by atoms with E-state index in [4.69, 9.17) is 40.4 Å². The first kappa shape index (κ1) is 43.8. The number of nitrogens with one attached hydrogen (secondary N) is 2. The molecule has 2 heterocycles. The molecule has 1 aromatic carbocycles. The first-order chi connectivity index (χ1) is 23.6. The van der Waals surface area contributed by atoms with Crippen LogP contribution in [0.4, 0.5) is 26.3 Å². The highest BCUT2D eigenvalue weighted by molar-refractivity contribution is 7.13. The number of ether oxygens (including phenoxy) is 3. The third-order valence-corrected chi connectivity index (χ3v) is 7.45. The lowest BCUT2D eigenvalue weighted by Crippen LogP contribution is -2.53. The number of amides is 1. The van der Waals surface area contributed by atoms with Gasteiger partial charge in [0.25, 0.3) is 0 Å². The molecule has 1 saturated heterocycles. The minimum atomic E-state index is -5.08. The first-order valence-corrected chi connectivity index (χ1v) is 15.0. The number of carboxylic acids is 2. The van der Waals surface area contributed by atoms with E-state index >= 15 is 0 Å². The van der Waals surface area contributed by atoms with E-state index in [9.17, 15) is 45.5 Å². The zero-order valence-electron chi connectivity index (χ0n) is 26.6. The second-order valence-electron chi connectivity index (χ2n) is 10.0. The summed E-state index contributed by atoms with van der Waals surface area (Å²) in [7, 11) is 2.39. The van der Waals surface area contributed by atoms with Crippen molar-refractivity contribution in [1.82, 2.24) is 10.2 Å². The molecule has 22 heteroatoms. The Balaban J connectivity index is 0.000000780. The molecule has 1 amide bonds. The van der Waals surface area contributed by atoms with E-state index in [1.807, 2.05) is 11.0 Å². The van der Waals surface area contributed by atoms with Gasteiger partial charge in [0, 0.05) is 17.0 Å². The van der Waals surface area contributed by atoms with Crippen molar-refractivity contribution < 1.29 is 79.5 Å². The predicted octanol–water partition coefficient (Wildman–Crippen LogP) is 3.09. The largest absolute Gasteiger partial charge is 0.490 e. The number of alkyl halides is 6. The summed E-state index contributed by atoms with van der Waals surface area (Å²) in [6, 6.07) is 8.19. The average Bonchev–Trinajstić information content (AvgIpc) is 3.52. The number of carbonyl (C=O) groups is 6. The van der Waals surface area contributed by atoms with Crippen molar-refractivity contribution >= 4 is 52.9 Å². The van der Waals surface area contributed by atoms with Crippen LogP contribution in [-0.4, -0.2) is 102 Å². The number of esters is 3. The molecule has 0 aliphatic carbocycles. The molecular weight excluding hydrogens is 726 g/mol. The number of hydrogen-bond acceptors (Lipinski definition) is 12. The van der Waals surface area contributed by atoms with Gasteiger partial charge in [0.1, 0.15) is 22.5 Å². The molecule has 1 fully saturated rings. The van der Waals surface area contributed by atoms with E-state index < -0.39 is 54.3 Å². The summed E-state index contributed by atoms with van der Waals surface area (Å²) in [5.74, 6) is -7.49. The molecule has 0 saturated carbocycles. The van der Waals surface area contributed by atoms with Crippen molar-refractivity contribution in [1.29, 1.82) is 5.41 Å². The molecule has 1 aromatic heterocycles. The summed E-state index contributed by atoms with van der Waals surface area (Å²) in [4.78, 5) is 70.5. The summed E-state index contributed by atoms with van der Waals surface area (Å²) in [5.41, 5.74) is 5.97. The van der Waals surface area contributed by atoms with Crippen molar-refractivity contribution in [3.8, 4) is 5.75 Å². The van der Waals surface area contributed by atoms with Crippen LogP contribution >= 0.6 is 11.3 Å². The molecule has 6 N–H and O–H groups in total. The number of piperidine rings is 1. The molecule has 51 heavy (non-hydrogen) atoms. The topological polar surface area (TPSA) is 236 Å². The van der Waals surface area contributed by atoms with Crippen LogP contribution in [0.3, 0.4) is 0 Å². The van der Waals surface area contributed by atoms with Crippen molar-refractivity contribution in [2.75, 3.05) is 20.8 Å². The lowest BCUT2D eigenvalue weighted by Gasteiger charge is -2.35. The highest BCUT2D eigenvalue weighted by atomic mass is 32.1. The van der Waals surface area contributed by atoms with E-state index in [-0.39, 0.29) is 18.2 Å². The molecule has 282 valence electrons. The summed E-state index contributed by atoms with van der Waals surface area (Å²) in [6.45, 7) is 1.10. The Kier molecular flexibility index (Phi) is 17.0. The molecule has 0 radical (unpaired) electrons. The average molecular weight is 759 g/mol. The number of hydrogen-bond donors (Lipinski definition) is 5. The smallest absolute Gasteiger partial charge is 0.475 e. The van der Waals surface area contributed by atoms with E-state index in [1.54, 1.807) is 30.3 Å². The number of nitrogens with zero attached hydrogens (tertiary/aromatic N) is 1. The van der Waals surface area contributed by atoms with Crippen LogP contribution in [0, 0.1) is 5.41 Å². The van der Waals surface area contributed by atoms with Gasteiger partial charge < -0.3 is 35.5 Å². The van der Waals surface area contributed by atoms with Crippen molar-refractivity contribution in [2.24, 2.45) is 5.73 Å². The van der Waals surface area contributed by atoms with Gasteiger partial charge >= 0.3 is 42.2 Å². The Bertz CT molecular complexity index is 1520. The van der Waals surface area contributed by atoms with Gasteiger partial charge in [-0.3, -0.25) is 19.9 Å². The fourth-order valence-corrected chi connectivity index (χ4v) is 4.87. The van der Waals surface area contributed by atoms with Crippen molar-refractivity contribution in [2.45, 2.75) is 56.7 Å². The number of nitrogens with two attached hydrogens (primary N) is 1.